The molecule has 1 fully saturated rings. The van der Waals surface area contributed by atoms with E-state index >= 15 is 0 Å². The molecule has 0 unspecified atom stereocenters. The summed E-state index contributed by atoms with van der Waals surface area (Å²) in [6.07, 6.45) is 3.05. The van der Waals surface area contributed by atoms with Gasteiger partial charge in [0.25, 0.3) is 0 Å². The quantitative estimate of drug-likeness (QED) is 0.904. The van der Waals surface area contributed by atoms with E-state index in [2.05, 4.69) is 28.7 Å². The van der Waals surface area contributed by atoms with E-state index in [9.17, 15) is 5.11 Å². The fourth-order valence-corrected chi connectivity index (χ4v) is 2.59. The highest BCUT2D eigenvalue weighted by Gasteiger charge is 2.30. The van der Waals surface area contributed by atoms with Crippen LogP contribution in [0.4, 0.5) is 5.95 Å². The lowest BCUT2D eigenvalue weighted by atomic mass is 9.87. The van der Waals surface area contributed by atoms with Gasteiger partial charge in [-0.15, -0.1) is 0 Å². The number of nitrogens with zero attached hydrogens (tertiary/aromatic N) is 3. The van der Waals surface area contributed by atoms with Crippen molar-refractivity contribution < 1.29 is 9.84 Å². The van der Waals surface area contributed by atoms with Gasteiger partial charge >= 0.3 is 0 Å². The van der Waals surface area contributed by atoms with Crippen molar-refractivity contribution in [3.63, 3.8) is 0 Å². The van der Waals surface area contributed by atoms with Gasteiger partial charge in [0.2, 0.25) is 11.8 Å². The number of rotatable bonds is 3. The smallest absolute Gasteiger partial charge is 0.228 e. The molecule has 106 valence electrons. The topological polar surface area (TPSA) is 58.5 Å². The Kier molecular flexibility index (Phi) is 4.24. The van der Waals surface area contributed by atoms with Gasteiger partial charge < -0.3 is 14.7 Å². The fourth-order valence-electron chi connectivity index (χ4n) is 2.59. The number of hydrogen-bond donors (Lipinski definition) is 1. The maximum Gasteiger partial charge on any atom is 0.228 e. The van der Waals surface area contributed by atoms with Crippen LogP contribution in [0.1, 0.15) is 33.6 Å². The Morgan fingerprint density at radius 1 is 1.53 bits per heavy atom. The Morgan fingerprint density at radius 3 is 3.05 bits per heavy atom. The van der Waals surface area contributed by atoms with Crippen molar-refractivity contribution in [1.29, 1.82) is 0 Å². The summed E-state index contributed by atoms with van der Waals surface area (Å²) in [4.78, 5) is 10.9. The van der Waals surface area contributed by atoms with Crippen LogP contribution in [0.3, 0.4) is 0 Å². The maximum atomic E-state index is 9.94. The Bertz CT molecular complexity index is 423. The van der Waals surface area contributed by atoms with Crippen molar-refractivity contribution >= 4 is 5.95 Å². The average Bonchev–Trinajstić information content (AvgIpc) is 2.47. The molecule has 1 saturated heterocycles. The Labute approximate surface area is 114 Å². The summed E-state index contributed by atoms with van der Waals surface area (Å²) in [5.74, 6) is 1.29. The van der Waals surface area contributed by atoms with E-state index in [0.29, 0.717) is 18.4 Å². The van der Waals surface area contributed by atoms with E-state index < -0.39 is 0 Å². The summed E-state index contributed by atoms with van der Waals surface area (Å²) in [5.41, 5.74) is 0.0564. The van der Waals surface area contributed by atoms with Crippen LogP contribution in [0.15, 0.2) is 12.3 Å². The third kappa shape index (κ3) is 3.80. The van der Waals surface area contributed by atoms with Crippen LogP contribution in [0.2, 0.25) is 0 Å². The second kappa shape index (κ2) is 5.74. The van der Waals surface area contributed by atoms with Gasteiger partial charge in [0.15, 0.2) is 0 Å². The minimum atomic E-state index is -0.241. The van der Waals surface area contributed by atoms with Crippen LogP contribution in [-0.2, 0) is 0 Å². The molecular formula is C14H23N3O2. The van der Waals surface area contributed by atoms with Crippen molar-refractivity contribution in [1.82, 2.24) is 9.97 Å². The van der Waals surface area contributed by atoms with E-state index in [-0.39, 0.29) is 11.5 Å². The second-order valence-electron chi connectivity index (χ2n) is 5.86. The summed E-state index contributed by atoms with van der Waals surface area (Å²) in [6, 6.07) is 1.77. The van der Waals surface area contributed by atoms with Gasteiger partial charge in [0, 0.05) is 25.4 Å². The van der Waals surface area contributed by atoms with Crippen molar-refractivity contribution in [2.24, 2.45) is 5.41 Å². The van der Waals surface area contributed by atoms with Crippen LogP contribution in [0.25, 0.3) is 0 Å². The molecule has 0 spiro atoms. The van der Waals surface area contributed by atoms with Gasteiger partial charge in [-0.2, -0.15) is 4.98 Å². The highest BCUT2D eigenvalue weighted by molar-refractivity contribution is 5.32. The average molecular weight is 265 g/mol. The molecule has 1 aromatic rings. The summed E-state index contributed by atoms with van der Waals surface area (Å²) < 4.78 is 5.41. The number of aromatic nitrogens is 2. The molecule has 0 aliphatic carbocycles. The predicted molar refractivity (Wildman–Crippen MR) is 74.4 cm³/mol. The molecule has 2 rings (SSSR count). The lowest BCUT2D eigenvalue weighted by Crippen LogP contribution is -2.34. The molecule has 19 heavy (non-hydrogen) atoms. The van der Waals surface area contributed by atoms with Gasteiger partial charge in [-0.3, -0.25) is 0 Å². The third-order valence-electron chi connectivity index (χ3n) is 3.33. The molecule has 0 amide bonds. The molecule has 0 saturated carbocycles. The molecule has 0 radical (unpaired) electrons. The van der Waals surface area contributed by atoms with E-state index in [1.807, 2.05) is 6.92 Å². The Morgan fingerprint density at radius 2 is 2.32 bits per heavy atom. The summed E-state index contributed by atoms with van der Waals surface area (Å²) >= 11 is 0. The number of hydrogen-bond acceptors (Lipinski definition) is 5. The van der Waals surface area contributed by atoms with Gasteiger partial charge in [0.05, 0.1) is 12.7 Å². The lowest BCUT2D eigenvalue weighted by molar-refractivity contribution is 0.123. The van der Waals surface area contributed by atoms with Gasteiger partial charge in [-0.25, -0.2) is 4.98 Å². The highest BCUT2D eigenvalue weighted by atomic mass is 16.5. The van der Waals surface area contributed by atoms with Crippen molar-refractivity contribution in [2.45, 2.75) is 39.7 Å². The first-order chi connectivity index (χ1) is 9.00. The first-order valence-corrected chi connectivity index (χ1v) is 6.89. The SMILES string of the molecule is CCOc1ccnc(N2CC[C@@H](O)CC(C)(C)C2)n1. The first kappa shape index (κ1) is 14.1. The Hall–Kier alpha value is -1.36. The number of anilines is 1. The minimum absolute atomic E-state index is 0.0564. The number of aliphatic hydroxyl groups is 1. The highest BCUT2D eigenvalue weighted by Crippen LogP contribution is 2.30. The molecule has 2 heterocycles. The normalized spacial score (nSPS) is 22.9. The molecule has 1 aromatic heterocycles. The molecule has 5 heteroatoms. The van der Waals surface area contributed by atoms with Crippen LogP contribution in [0.5, 0.6) is 5.88 Å². The van der Waals surface area contributed by atoms with Crippen LogP contribution >= 0.6 is 0 Å². The van der Waals surface area contributed by atoms with Crippen molar-refractivity contribution in [2.75, 3.05) is 24.6 Å². The van der Waals surface area contributed by atoms with E-state index in [4.69, 9.17) is 4.74 Å². The predicted octanol–water partition coefficient (Wildman–Crippen LogP) is 1.86. The number of ether oxygens (including phenoxy) is 1. The molecule has 1 aliphatic heterocycles. The Balaban J connectivity index is 2.17. The zero-order valence-electron chi connectivity index (χ0n) is 12.0. The van der Waals surface area contributed by atoms with Crippen LogP contribution in [-0.4, -0.2) is 40.9 Å². The summed E-state index contributed by atoms with van der Waals surface area (Å²) in [6.45, 7) is 8.50. The molecular weight excluding hydrogens is 242 g/mol. The zero-order chi connectivity index (χ0) is 13.9. The largest absolute Gasteiger partial charge is 0.478 e. The molecule has 5 nitrogen and oxygen atoms in total. The molecule has 1 aliphatic rings. The van der Waals surface area contributed by atoms with Crippen molar-refractivity contribution in [3.05, 3.63) is 12.3 Å². The zero-order valence-corrected chi connectivity index (χ0v) is 12.0. The molecule has 0 bridgehead atoms. The van der Waals surface area contributed by atoms with Crippen LogP contribution in [0, 0.1) is 5.41 Å². The van der Waals surface area contributed by atoms with Gasteiger partial charge in [-0.05, 0) is 25.2 Å². The maximum absolute atomic E-state index is 9.94. The minimum Gasteiger partial charge on any atom is -0.478 e. The van der Waals surface area contributed by atoms with Gasteiger partial charge in [-0.1, -0.05) is 13.8 Å². The molecule has 1 N–H and O–H groups in total. The first-order valence-electron chi connectivity index (χ1n) is 6.89. The van der Waals surface area contributed by atoms with E-state index in [1.165, 1.54) is 0 Å². The van der Waals surface area contributed by atoms with E-state index in [0.717, 1.165) is 25.9 Å². The lowest BCUT2D eigenvalue weighted by Gasteiger charge is -2.29. The fraction of sp³-hybridized carbons (Fsp3) is 0.714. The van der Waals surface area contributed by atoms with Crippen LogP contribution < -0.4 is 9.64 Å². The summed E-state index contributed by atoms with van der Waals surface area (Å²) in [7, 11) is 0. The standard InChI is InChI=1S/C14H23N3O2/c1-4-19-12-5-7-15-13(16-12)17-8-6-11(18)9-14(2,3)10-17/h5,7,11,18H,4,6,8-10H2,1-3H3/t11-/m1/s1. The third-order valence-corrected chi connectivity index (χ3v) is 3.33. The monoisotopic (exact) mass is 265 g/mol. The number of aliphatic hydroxyl groups excluding tert-OH is 1. The van der Waals surface area contributed by atoms with E-state index in [1.54, 1.807) is 12.3 Å². The van der Waals surface area contributed by atoms with Gasteiger partial charge in [0.1, 0.15) is 0 Å². The van der Waals surface area contributed by atoms with Crippen molar-refractivity contribution in [3.8, 4) is 5.88 Å². The molecule has 0 aromatic carbocycles. The summed E-state index contributed by atoms with van der Waals surface area (Å²) in [5, 5.41) is 9.94. The second-order valence-corrected chi connectivity index (χ2v) is 5.86. The molecule has 1 atom stereocenters.